The standard InChI is InChI=1S/C13H19FOS/c1-9(2)6-7-16-13-5-4-11(10(3)15)8-12(13)14/h4-5,8-10,15H,6-7H2,1-3H3/t10-/m1/s1. The number of benzene rings is 1. The maximum Gasteiger partial charge on any atom is 0.137 e. The van der Waals surface area contributed by atoms with Gasteiger partial charge in [0.2, 0.25) is 0 Å². The van der Waals surface area contributed by atoms with Gasteiger partial charge in [0.05, 0.1) is 6.10 Å². The van der Waals surface area contributed by atoms with Gasteiger partial charge in [0.25, 0.3) is 0 Å². The van der Waals surface area contributed by atoms with E-state index in [0.29, 0.717) is 16.4 Å². The zero-order valence-corrected chi connectivity index (χ0v) is 10.9. The van der Waals surface area contributed by atoms with Crippen molar-refractivity contribution >= 4 is 11.8 Å². The summed E-state index contributed by atoms with van der Waals surface area (Å²) in [5.74, 6) is 1.35. The molecule has 0 saturated heterocycles. The van der Waals surface area contributed by atoms with Crippen molar-refractivity contribution in [2.75, 3.05) is 5.75 Å². The van der Waals surface area contributed by atoms with Crippen molar-refractivity contribution in [2.24, 2.45) is 5.92 Å². The van der Waals surface area contributed by atoms with Crippen LogP contribution in [-0.2, 0) is 0 Å². The van der Waals surface area contributed by atoms with Crippen LogP contribution < -0.4 is 0 Å². The van der Waals surface area contributed by atoms with E-state index >= 15 is 0 Å². The third-order valence-electron chi connectivity index (χ3n) is 2.39. The zero-order chi connectivity index (χ0) is 12.1. The summed E-state index contributed by atoms with van der Waals surface area (Å²) in [4.78, 5) is 0.671. The molecule has 0 saturated carbocycles. The molecule has 16 heavy (non-hydrogen) atoms. The van der Waals surface area contributed by atoms with Crippen LogP contribution >= 0.6 is 11.8 Å². The van der Waals surface area contributed by atoms with E-state index in [1.165, 1.54) is 17.8 Å². The average molecular weight is 242 g/mol. The summed E-state index contributed by atoms with van der Waals surface area (Å²) in [6, 6.07) is 4.95. The fourth-order valence-electron chi connectivity index (χ4n) is 1.30. The molecule has 1 atom stereocenters. The van der Waals surface area contributed by atoms with Crippen LogP contribution in [0.1, 0.15) is 38.9 Å². The molecule has 0 spiro atoms. The highest BCUT2D eigenvalue weighted by Crippen LogP contribution is 2.26. The van der Waals surface area contributed by atoms with E-state index in [1.807, 2.05) is 0 Å². The maximum absolute atomic E-state index is 13.6. The molecule has 1 nitrogen and oxygen atoms in total. The molecule has 0 aliphatic heterocycles. The predicted molar refractivity (Wildman–Crippen MR) is 67.2 cm³/mol. The van der Waals surface area contributed by atoms with Crippen LogP contribution in [0, 0.1) is 11.7 Å². The highest BCUT2D eigenvalue weighted by molar-refractivity contribution is 7.99. The average Bonchev–Trinajstić information content (AvgIpc) is 2.19. The first-order chi connectivity index (χ1) is 7.50. The van der Waals surface area contributed by atoms with Gasteiger partial charge in [0.1, 0.15) is 5.82 Å². The van der Waals surface area contributed by atoms with Crippen molar-refractivity contribution in [1.82, 2.24) is 0 Å². The summed E-state index contributed by atoms with van der Waals surface area (Å²) < 4.78 is 13.6. The highest BCUT2D eigenvalue weighted by atomic mass is 32.2. The summed E-state index contributed by atoms with van der Waals surface area (Å²) in [7, 11) is 0. The van der Waals surface area contributed by atoms with Crippen molar-refractivity contribution in [1.29, 1.82) is 0 Å². The Morgan fingerprint density at radius 2 is 2.00 bits per heavy atom. The second-order valence-electron chi connectivity index (χ2n) is 4.40. The van der Waals surface area contributed by atoms with Crippen LogP contribution in [0.15, 0.2) is 23.1 Å². The van der Waals surface area contributed by atoms with Crippen molar-refractivity contribution in [2.45, 2.75) is 38.2 Å². The van der Waals surface area contributed by atoms with Gasteiger partial charge >= 0.3 is 0 Å². The van der Waals surface area contributed by atoms with Gasteiger partial charge in [-0.1, -0.05) is 19.9 Å². The van der Waals surface area contributed by atoms with Gasteiger partial charge in [-0.15, -0.1) is 11.8 Å². The molecule has 1 N–H and O–H groups in total. The SMILES string of the molecule is CC(C)CCSc1ccc([C@@H](C)O)cc1F. The molecule has 0 bridgehead atoms. The summed E-state index contributed by atoms with van der Waals surface area (Å²) >= 11 is 1.54. The van der Waals surface area contributed by atoms with Crippen LogP contribution in [0.25, 0.3) is 0 Å². The van der Waals surface area contributed by atoms with Crippen LogP contribution in [0.4, 0.5) is 4.39 Å². The molecule has 0 radical (unpaired) electrons. The van der Waals surface area contributed by atoms with Crippen LogP contribution in [0.5, 0.6) is 0 Å². The Bertz CT molecular complexity index is 337. The molecule has 0 aliphatic carbocycles. The van der Waals surface area contributed by atoms with Gasteiger partial charge in [0.15, 0.2) is 0 Å². The Hall–Kier alpha value is -0.540. The third-order valence-corrected chi connectivity index (χ3v) is 3.47. The molecule has 0 unspecified atom stereocenters. The molecule has 3 heteroatoms. The minimum atomic E-state index is -0.607. The number of hydrogen-bond acceptors (Lipinski definition) is 2. The number of hydrogen-bond donors (Lipinski definition) is 1. The minimum absolute atomic E-state index is 0.229. The van der Waals surface area contributed by atoms with E-state index in [9.17, 15) is 9.50 Å². The van der Waals surface area contributed by atoms with E-state index in [4.69, 9.17) is 0 Å². The van der Waals surface area contributed by atoms with Gasteiger partial charge < -0.3 is 5.11 Å². The largest absolute Gasteiger partial charge is 0.389 e. The molecule has 1 rings (SSSR count). The molecule has 0 heterocycles. The monoisotopic (exact) mass is 242 g/mol. The lowest BCUT2D eigenvalue weighted by Crippen LogP contribution is -1.94. The lowest BCUT2D eigenvalue weighted by Gasteiger charge is -2.08. The van der Waals surface area contributed by atoms with Gasteiger partial charge in [0, 0.05) is 4.90 Å². The molecule has 1 aromatic rings. The van der Waals surface area contributed by atoms with Gasteiger partial charge in [-0.3, -0.25) is 0 Å². The van der Waals surface area contributed by atoms with Crippen LogP contribution in [0.2, 0.25) is 0 Å². The first kappa shape index (κ1) is 13.5. The fraction of sp³-hybridized carbons (Fsp3) is 0.538. The number of halogens is 1. The molecule has 0 aromatic heterocycles. The Balaban J connectivity index is 2.61. The highest BCUT2D eigenvalue weighted by Gasteiger charge is 2.07. The second-order valence-corrected chi connectivity index (χ2v) is 5.53. The summed E-state index contributed by atoms with van der Waals surface area (Å²) in [5.41, 5.74) is 0.630. The van der Waals surface area contributed by atoms with Crippen molar-refractivity contribution in [3.05, 3.63) is 29.6 Å². The first-order valence-electron chi connectivity index (χ1n) is 5.61. The smallest absolute Gasteiger partial charge is 0.137 e. The van der Waals surface area contributed by atoms with E-state index in [2.05, 4.69) is 13.8 Å². The van der Waals surface area contributed by atoms with Gasteiger partial charge in [-0.2, -0.15) is 0 Å². The van der Waals surface area contributed by atoms with Gasteiger partial charge in [-0.05, 0) is 42.7 Å². The number of aliphatic hydroxyl groups excluding tert-OH is 1. The lowest BCUT2D eigenvalue weighted by molar-refractivity contribution is 0.198. The topological polar surface area (TPSA) is 20.2 Å². The van der Waals surface area contributed by atoms with Gasteiger partial charge in [-0.25, -0.2) is 4.39 Å². The molecule has 1 aromatic carbocycles. The molecular formula is C13H19FOS. The van der Waals surface area contributed by atoms with E-state index in [1.54, 1.807) is 19.1 Å². The summed E-state index contributed by atoms with van der Waals surface area (Å²) in [5, 5.41) is 9.31. The first-order valence-corrected chi connectivity index (χ1v) is 6.59. The predicted octanol–water partition coefficient (Wildman–Crippen LogP) is 4.02. The number of aliphatic hydroxyl groups is 1. The number of rotatable bonds is 5. The van der Waals surface area contributed by atoms with Crippen LogP contribution in [-0.4, -0.2) is 10.9 Å². The van der Waals surface area contributed by atoms with E-state index in [-0.39, 0.29) is 5.82 Å². The van der Waals surface area contributed by atoms with Crippen molar-refractivity contribution in [3.8, 4) is 0 Å². The Labute approximate surface area is 101 Å². The number of thioether (sulfide) groups is 1. The summed E-state index contributed by atoms with van der Waals surface area (Å²) in [6.07, 6.45) is 0.478. The Kier molecular flexibility index (Phi) is 5.29. The van der Waals surface area contributed by atoms with Crippen molar-refractivity contribution < 1.29 is 9.50 Å². The molecule has 0 fully saturated rings. The Morgan fingerprint density at radius 3 is 2.50 bits per heavy atom. The third kappa shape index (κ3) is 4.14. The fourth-order valence-corrected chi connectivity index (χ4v) is 2.47. The molecule has 0 aliphatic rings. The maximum atomic E-state index is 13.6. The zero-order valence-electron chi connectivity index (χ0n) is 10.0. The quantitative estimate of drug-likeness (QED) is 0.787. The lowest BCUT2D eigenvalue weighted by atomic mass is 10.1. The van der Waals surface area contributed by atoms with E-state index < -0.39 is 6.10 Å². The summed E-state index contributed by atoms with van der Waals surface area (Å²) in [6.45, 7) is 5.96. The van der Waals surface area contributed by atoms with Crippen molar-refractivity contribution in [3.63, 3.8) is 0 Å². The molecular weight excluding hydrogens is 223 g/mol. The minimum Gasteiger partial charge on any atom is -0.389 e. The Morgan fingerprint density at radius 1 is 1.31 bits per heavy atom. The second kappa shape index (κ2) is 6.26. The van der Waals surface area contributed by atoms with E-state index in [0.717, 1.165) is 12.2 Å². The molecule has 90 valence electrons. The normalized spacial score (nSPS) is 13.1. The van der Waals surface area contributed by atoms with Crippen LogP contribution in [0.3, 0.4) is 0 Å². The molecule has 0 amide bonds.